The third kappa shape index (κ3) is 2.50. The second-order valence-corrected chi connectivity index (χ2v) is 8.35. The Morgan fingerprint density at radius 1 is 1.29 bits per heavy atom. The van der Waals surface area contributed by atoms with Gasteiger partial charge in [-0.15, -0.1) is 11.3 Å². The molecule has 0 fully saturated rings. The number of benzene rings is 1. The van der Waals surface area contributed by atoms with E-state index in [1.54, 1.807) is 15.9 Å². The van der Waals surface area contributed by atoms with Gasteiger partial charge in [0.1, 0.15) is 4.83 Å². The summed E-state index contributed by atoms with van der Waals surface area (Å²) in [6.45, 7) is 1.98. The molecule has 0 N–H and O–H groups in total. The molecule has 0 spiro atoms. The minimum atomic E-state index is 0.0502. The zero-order chi connectivity index (χ0) is 16.8. The summed E-state index contributed by atoms with van der Waals surface area (Å²) in [6, 6.07) is 5.62. The van der Waals surface area contributed by atoms with Gasteiger partial charge in [0.25, 0.3) is 5.56 Å². The van der Waals surface area contributed by atoms with Gasteiger partial charge in [-0.3, -0.25) is 9.36 Å². The van der Waals surface area contributed by atoms with E-state index in [9.17, 15) is 4.79 Å². The van der Waals surface area contributed by atoms with Crippen LogP contribution in [0.2, 0.25) is 5.02 Å². The van der Waals surface area contributed by atoms with Crippen molar-refractivity contribution in [2.45, 2.75) is 37.8 Å². The number of nitrogens with zero attached hydrogens (tertiary/aromatic N) is 2. The van der Waals surface area contributed by atoms with Crippen LogP contribution in [0.1, 0.15) is 28.8 Å². The summed E-state index contributed by atoms with van der Waals surface area (Å²) in [5.74, 6) is 0. The molecule has 0 saturated carbocycles. The van der Waals surface area contributed by atoms with Gasteiger partial charge >= 0.3 is 0 Å². The molecule has 1 aliphatic carbocycles. The quantitative estimate of drug-likeness (QED) is 0.465. The Morgan fingerprint density at radius 3 is 2.83 bits per heavy atom. The molecule has 124 valence electrons. The zero-order valence-electron chi connectivity index (χ0n) is 13.6. The van der Waals surface area contributed by atoms with E-state index in [1.807, 2.05) is 31.4 Å². The van der Waals surface area contributed by atoms with Crippen LogP contribution in [0.3, 0.4) is 0 Å². The fourth-order valence-electron chi connectivity index (χ4n) is 3.41. The monoisotopic (exact) mass is 376 g/mol. The van der Waals surface area contributed by atoms with Gasteiger partial charge in [-0.2, -0.15) is 0 Å². The van der Waals surface area contributed by atoms with Crippen molar-refractivity contribution in [3.8, 4) is 5.69 Å². The highest BCUT2D eigenvalue weighted by Crippen LogP contribution is 2.35. The molecular formula is C18H17ClN2OS2. The molecule has 3 nitrogen and oxygen atoms in total. The van der Waals surface area contributed by atoms with Crippen molar-refractivity contribution in [2.24, 2.45) is 0 Å². The van der Waals surface area contributed by atoms with Crippen LogP contribution in [0.15, 0.2) is 28.2 Å². The predicted octanol–water partition coefficient (Wildman–Crippen LogP) is 5.01. The molecular weight excluding hydrogens is 360 g/mol. The first kappa shape index (κ1) is 16.2. The Balaban J connectivity index is 2.07. The molecule has 2 aromatic heterocycles. The average Bonchev–Trinajstić information content (AvgIpc) is 2.94. The van der Waals surface area contributed by atoms with Gasteiger partial charge < -0.3 is 0 Å². The standard InChI is InChI=1S/C18H17ClN2OS2/c1-10-9-11(19)7-8-13(10)21-17(22)15-12-5-3-4-6-14(12)24-16(15)20-18(21)23-2/h7-9H,3-6H2,1-2H3. The summed E-state index contributed by atoms with van der Waals surface area (Å²) in [6.07, 6.45) is 6.39. The van der Waals surface area contributed by atoms with Gasteiger partial charge in [0, 0.05) is 9.90 Å². The number of hydrogen-bond donors (Lipinski definition) is 0. The normalized spacial score (nSPS) is 14.1. The largest absolute Gasteiger partial charge is 0.268 e. The lowest BCUT2D eigenvalue weighted by Gasteiger charge is -2.14. The topological polar surface area (TPSA) is 34.9 Å². The van der Waals surface area contributed by atoms with E-state index in [1.165, 1.54) is 28.6 Å². The Bertz CT molecular complexity index is 1010. The van der Waals surface area contributed by atoms with Gasteiger partial charge in [-0.1, -0.05) is 23.4 Å². The number of aryl methyl sites for hydroxylation is 3. The summed E-state index contributed by atoms with van der Waals surface area (Å²) >= 11 is 9.28. The van der Waals surface area contributed by atoms with Crippen molar-refractivity contribution < 1.29 is 0 Å². The first-order valence-electron chi connectivity index (χ1n) is 7.98. The highest BCUT2D eigenvalue weighted by atomic mass is 35.5. The average molecular weight is 377 g/mol. The van der Waals surface area contributed by atoms with Crippen molar-refractivity contribution >= 4 is 44.9 Å². The summed E-state index contributed by atoms with van der Waals surface area (Å²) in [7, 11) is 0. The fraction of sp³-hybridized carbons (Fsp3) is 0.333. The molecule has 4 rings (SSSR count). The second-order valence-electron chi connectivity index (χ2n) is 6.06. The van der Waals surface area contributed by atoms with Crippen LogP contribution in [0, 0.1) is 6.92 Å². The molecule has 3 aromatic rings. The molecule has 0 unspecified atom stereocenters. The number of hydrogen-bond acceptors (Lipinski definition) is 4. The lowest BCUT2D eigenvalue weighted by Crippen LogP contribution is -2.22. The molecule has 1 aromatic carbocycles. The number of aromatic nitrogens is 2. The number of fused-ring (bicyclic) bond motifs is 3. The van der Waals surface area contributed by atoms with Crippen molar-refractivity contribution in [1.29, 1.82) is 0 Å². The highest BCUT2D eigenvalue weighted by Gasteiger charge is 2.22. The molecule has 0 radical (unpaired) electrons. The van der Waals surface area contributed by atoms with E-state index in [4.69, 9.17) is 16.6 Å². The molecule has 0 saturated heterocycles. The van der Waals surface area contributed by atoms with Crippen LogP contribution in [-0.2, 0) is 12.8 Å². The van der Waals surface area contributed by atoms with Crippen LogP contribution < -0.4 is 5.56 Å². The lowest BCUT2D eigenvalue weighted by atomic mass is 9.97. The Labute approximate surface area is 153 Å². The van der Waals surface area contributed by atoms with Gasteiger partial charge in [-0.05, 0) is 68.2 Å². The van der Waals surface area contributed by atoms with Crippen molar-refractivity contribution in [3.63, 3.8) is 0 Å². The van der Waals surface area contributed by atoms with Crippen LogP contribution in [-0.4, -0.2) is 15.8 Å². The van der Waals surface area contributed by atoms with Gasteiger partial charge in [0.2, 0.25) is 0 Å². The maximum atomic E-state index is 13.4. The molecule has 0 bridgehead atoms. The van der Waals surface area contributed by atoms with Gasteiger partial charge in [0.15, 0.2) is 5.16 Å². The smallest absolute Gasteiger partial charge is 0.267 e. The van der Waals surface area contributed by atoms with E-state index in [-0.39, 0.29) is 5.56 Å². The van der Waals surface area contributed by atoms with E-state index < -0.39 is 0 Å². The van der Waals surface area contributed by atoms with Crippen LogP contribution in [0.25, 0.3) is 15.9 Å². The number of thiophene rings is 1. The number of halogens is 1. The maximum Gasteiger partial charge on any atom is 0.267 e. The molecule has 0 amide bonds. The van der Waals surface area contributed by atoms with Crippen molar-refractivity contribution in [3.05, 3.63) is 49.6 Å². The maximum absolute atomic E-state index is 13.4. The Kier molecular flexibility index (Phi) is 4.19. The fourth-order valence-corrected chi connectivity index (χ4v) is 5.49. The summed E-state index contributed by atoms with van der Waals surface area (Å²) in [4.78, 5) is 20.4. The van der Waals surface area contributed by atoms with Gasteiger partial charge in [0.05, 0.1) is 11.1 Å². The predicted molar refractivity (Wildman–Crippen MR) is 103 cm³/mol. The molecule has 0 aliphatic heterocycles. The number of thioether (sulfide) groups is 1. The molecule has 6 heteroatoms. The lowest BCUT2D eigenvalue weighted by molar-refractivity contribution is 0.699. The molecule has 24 heavy (non-hydrogen) atoms. The minimum absolute atomic E-state index is 0.0502. The highest BCUT2D eigenvalue weighted by molar-refractivity contribution is 7.98. The van der Waals surface area contributed by atoms with Crippen molar-refractivity contribution in [2.75, 3.05) is 6.26 Å². The third-order valence-corrected chi connectivity index (χ3v) is 6.60. The molecule has 2 heterocycles. The van der Waals surface area contributed by atoms with Crippen LogP contribution in [0.5, 0.6) is 0 Å². The van der Waals surface area contributed by atoms with E-state index in [0.717, 1.165) is 45.9 Å². The SMILES string of the molecule is CSc1nc2sc3c(c2c(=O)n1-c1ccc(Cl)cc1C)CCCC3. The first-order chi connectivity index (χ1) is 11.6. The Hall–Kier alpha value is -1.30. The first-order valence-corrected chi connectivity index (χ1v) is 10.4. The second kappa shape index (κ2) is 6.21. The summed E-state index contributed by atoms with van der Waals surface area (Å²) in [5, 5.41) is 2.23. The molecule has 1 aliphatic rings. The summed E-state index contributed by atoms with van der Waals surface area (Å²) in [5.41, 5.74) is 3.12. The third-order valence-electron chi connectivity index (χ3n) is 4.54. The van der Waals surface area contributed by atoms with Gasteiger partial charge in [-0.25, -0.2) is 4.98 Å². The van der Waals surface area contributed by atoms with Crippen LogP contribution >= 0.6 is 34.7 Å². The zero-order valence-corrected chi connectivity index (χ0v) is 15.9. The minimum Gasteiger partial charge on any atom is -0.268 e. The summed E-state index contributed by atoms with van der Waals surface area (Å²) < 4.78 is 1.75. The van der Waals surface area contributed by atoms with E-state index in [2.05, 4.69) is 0 Å². The van der Waals surface area contributed by atoms with Crippen LogP contribution in [0.4, 0.5) is 0 Å². The molecule has 0 atom stereocenters. The number of rotatable bonds is 2. The van der Waals surface area contributed by atoms with E-state index in [0.29, 0.717) is 5.02 Å². The Morgan fingerprint density at radius 2 is 2.08 bits per heavy atom. The van der Waals surface area contributed by atoms with Crippen molar-refractivity contribution in [1.82, 2.24) is 9.55 Å². The van der Waals surface area contributed by atoms with E-state index >= 15 is 0 Å².